The highest BCUT2D eigenvalue weighted by atomic mass is 127. The Bertz CT molecular complexity index is 839. The Labute approximate surface area is 135 Å². The van der Waals surface area contributed by atoms with Crippen LogP contribution in [0.2, 0.25) is 0 Å². The van der Waals surface area contributed by atoms with Gasteiger partial charge < -0.3 is 4.74 Å². The lowest BCUT2D eigenvalue weighted by atomic mass is 10.2. The van der Waals surface area contributed by atoms with E-state index in [-0.39, 0.29) is 5.91 Å². The van der Waals surface area contributed by atoms with Crippen molar-refractivity contribution in [1.82, 2.24) is 9.55 Å². The number of hydrogen-bond acceptors (Lipinski definition) is 3. The van der Waals surface area contributed by atoms with E-state index in [1.54, 1.807) is 23.8 Å². The number of imidazole rings is 1. The van der Waals surface area contributed by atoms with Crippen LogP contribution in [0.1, 0.15) is 16.2 Å². The number of nitrogens with zero attached hydrogens (tertiary/aromatic N) is 2. The number of halogens is 1. The summed E-state index contributed by atoms with van der Waals surface area (Å²) in [6.07, 6.45) is 0. The highest BCUT2D eigenvalue weighted by molar-refractivity contribution is 14.1. The van der Waals surface area contributed by atoms with Crippen LogP contribution in [0.4, 0.5) is 0 Å². The maximum absolute atomic E-state index is 12.8. The Balaban J connectivity index is 2.17. The molecule has 106 valence electrons. The Hall–Kier alpha value is -1.89. The van der Waals surface area contributed by atoms with Crippen LogP contribution in [-0.4, -0.2) is 22.6 Å². The van der Waals surface area contributed by atoms with E-state index in [0.29, 0.717) is 17.1 Å². The maximum atomic E-state index is 12.8. The van der Waals surface area contributed by atoms with Gasteiger partial charge in [-0.15, -0.1) is 0 Å². The molecule has 0 amide bonds. The van der Waals surface area contributed by atoms with Gasteiger partial charge in [-0.3, -0.25) is 9.36 Å². The molecule has 0 spiro atoms. The lowest BCUT2D eigenvalue weighted by Gasteiger charge is -2.07. The molecule has 3 rings (SSSR count). The summed E-state index contributed by atoms with van der Waals surface area (Å²) < 4.78 is 7.90. The second kappa shape index (κ2) is 5.48. The molecule has 0 saturated carbocycles. The quantitative estimate of drug-likeness (QED) is 0.626. The molecular weight excluding hydrogens is 379 g/mol. The minimum Gasteiger partial charge on any atom is -0.497 e. The summed E-state index contributed by atoms with van der Waals surface area (Å²) in [6, 6.07) is 13.0. The van der Waals surface area contributed by atoms with E-state index in [1.165, 1.54) is 0 Å². The van der Waals surface area contributed by atoms with Gasteiger partial charge in [0, 0.05) is 9.13 Å². The number of hydrogen-bond donors (Lipinski definition) is 0. The zero-order chi connectivity index (χ0) is 15.0. The molecule has 0 aliphatic carbocycles. The van der Waals surface area contributed by atoms with E-state index in [9.17, 15) is 4.79 Å². The molecule has 21 heavy (non-hydrogen) atoms. The van der Waals surface area contributed by atoms with E-state index >= 15 is 0 Å². The molecule has 0 bridgehead atoms. The van der Waals surface area contributed by atoms with Gasteiger partial charge >= 0.3 is 0 Å². The highest BCUT2D eigenvalue weighted by Crippen LogP contribution is 2.21. The summed E-state index contributed by atoms with van der Waals surface area (Å²) in [6.45, 7) is 1.84. The first-order valence-corrected chi connectivity index (χ1v) is 7.51. The van der Waals surface area contributed by atoms with Crippen molar-refractivity contribution >= 4 is 39.5 Å². The number of rotatable bonds is 2. The van der Waals surface area contributed by atoms with Gasteiger partial charge in [-0.1, -0.05) is 6.07 Å². The molecule has 0 saturated heterocycles. The molecule has 0 fully saturated rings. The number of methoxy groups -OCH3 is 1. The third kappa shape index (κ3) is 2.53. The number of carbonyl (C=O) groups is 1. The van der Waals surface area contributed by atoms with Gasteiger partial charge in [-0.05, 0) is 65.9 Å². The molecule has 0 aliphatic heterocycles. The fraction of sp³-hybridized carbons (Fsp3) is 0.125. The van der Waals surface area contributed by atoms with Crippen LogP contribution >= 0.6 is 22.6 Å². The van der Waals surface area contributed by atoms with Crippen LogP contribution in [0.5, 0.6) is 5.75 Å². The van der Waals surface area contributed by atoms with Crippen LogP contribution in [0.3, 0.4) is 0 Å². The second-order valence-electron chi connectivity index (χ2n) is 4.66. The number of carbonyl (C=O) groups excluding carboxylic acids is 1. The predicted octanol–water partition coefficient (Wildman–Crippen LogP) is 3.65. The summed E-state index contributed by atoms with van der Waals surface area (Å²) in [4.78, 5) is 17.2. The normalized spacial score (nSPS) is 10.8. The monoisotopic (exact) mass is 392 g/mol. The van der Waals surface area contributed by atoms with E-state index in [2.05, 4.69) is 27.6 Å². The lowest BCUT2D eigenvalue weighted by molar-refractivity contribution is 0.0962. The zero-order valence-electron chi connectivity index (χ0n) is 11.6. The first-order valence-electron chi connectivity index (χ1n) is 6.43. The molecule has 3 aromatic rings. The summed E-state index contributed by atoms with van der Waals surface area (Å²) >= 11 is 2.23. The zero-order valence-corrected chi connectivity index (χ0v) is 13.8. The van der Waals surface area contributed by atoms with Crippen molar-refractivity contribution in [3.8, 4) is 5.75 Å². The second-order valence-corrected chi connectivity index (χ2v) is 5.91. The molecular formula is C16H13IN2O2. The van der Waals surface area contributed by atoms with Crippen molar-refractivity contribution in [2.45, 2.75) is 6.92 Å². The van der Waals surface area contributed by atoms with Crippen molar-refractivity contribution < 1.29 is 9.53 Å². The standard InChI is InChI=1S/C16H13IN2O2/c1-10-18-14-7-6-12(17)9-15(14)19(10)16(20)11-4-3-5-13(8-11)21-2/h3-9H,1-2H3. The van der Waals surface area contributed by atoms with E-state index < -0.39 is 0 Å². The number of fused-ring (bicyclic) bond motifs is 1. The van der Waals surface area contributed by atoms with E-state index in [1.807, 2.05) is 37.3 Å². The molecule has 0 aliphatic rings. The Kier molecular flexibility index (Phi) is 3.67. The molecule has 0 unspecified atom stereocenters. The molecule has 0 radical (unpaired) electrons. The van der Waals surface area contributed by atoms with Gasteiger partial charge in [0.15, 0.2) is 0 Å². The van der Waals surface area contributed by atoms with E-state index in [0.717, 1.165) is 14.6 Å². The number of benzene rings is 2. The van der Waals surface area contributed by atoms with Crippen molar-refractivity contribution in [3.05, 3.63) is 57.4 Å². The van der Waals surface area contributed by atoms with Crippen LogP contribution in [0.25, 0.3) is 11.0 Å². The summed E-state index contributed by atoms with van der Waals surface area (Å²) in [5.74, 6) is 1.24. The largest absolute Gasteiger partial charge is 0.497 e. The number of aryl methyl sites for hydroxylation is 1. The smallest absolute Gasteiger partial charge is 0.263 e. The molecule has 0 atom stereocenters. The van der Waals surface area contributed by atoms with Crippen LogP contribution in [-0.2, 0) is 0 Å². The summed E-state index contributed by atoms with van der Waals surface area (Å²) in [5.41, 5.74) is 2.23. The Morgan fingerprint density at radius 1 is 1.24 bits per heavy atom. The predicted molar refractivity (Wildman–Crippen MR) is 89.9 cm³/mol. The highest BCUT2D eigenvalue weighted by Gasteiger charge is 2.16. The SMILES string of the molecule is COc1cccc(C(=O)n2c(C)nc3ccc(I)cc32)c1. The van der Waals surface area contributed by atoms with Crippen LogP contribution in [0.15, 0.2) is 42.5 Å². The summed E-state index contributed by atoms with van der Waals surface area (Å²) in [5, 5.41) is 0. The Morgan fingerprint density at radius 3 is 2.81 bits per heavy atom. The van der Waals surface area contributed by atoms with Crippen molar-refractivity contribution in [3.63, 3.8) is 0 Å². The van der Waals surface area contributed by atoms with Crippen molar-refractivity contribution in [1.29, 1.82) is 0 Å². The average molecular weight is 392 g/mol. The first-order chi connectivity index (χ1) is 10.1. The molecule has 1 heterocycles. The van der Waals surface area contributed by atoms with Gasteiger partial charge in [-0.25, -0.2) is 4.98 Å². The van der Waals surface area contributed by atoms with Gasteiger partial charge in [0.05, 0.1) is 18.1 Å². The van der Waals surface area contributed by atoms with Gasteiger partial charge in [0.1, 0.15) is 11.6 Å². The third-order valence-corrected chi connectivity index (χ3v) is 3.97. The molecule has 1 aromatic heterocycles. The molecule has 5 heteroatoms. The molecule has 2 aromatic carbocycles. The maximum Gasteiger partial charge on any atom is 0.263 e. The fourth-order valence-corrected chi connectivity index (χ4v) is 2.79. The lowest BCUT2D eigenvalue weighted by Crippen LogP contribution is -2.13. The van der Waals surface area contributed by atoms with Crippen molar-refractivity contribution in [2.75, 3.05) is 7.11 Å². The van der Waals surface area contributed by atoms with Gasteiger partial charge in [0.25, 0.3) is 5.91 Å². The first kappa shape index (κ1) is 14.1. The van der Waals surface area contributed by atoms with Crippen LogP contribution < -0.4 is 4.74 Å². The van der Waals surface area contributed by atoms with Crippen LogP contribution in [0, 0.1) is 10.5 Å². The summed E-state index contributed by atoms with van der Waals surface area (Å²) in [7, 11) is 1.59. The number of aromatic nitrogens is 2. The third-order valence-electron chi connectivity index (χ3n) is 3.30. The van der Waals surface area contributed by atoms with Crippen molar-refractivity contribution in [2.24, 2.45) is 0 Å². The Morgan fingerprint density at radius 2 is 2.05 bits per heavy atom. The average Bonchev–Trinajstić information content (AvgIpc) is 2.81. The topological polar surface area (TPSA) is 44.1 Å². The minimum absolute atomic E-state index is 0.101. The van der Waals surface area contributed by atoms with Gasteiger partial charge in [-0.2, -0.15) is 0 Å². The van der Waals surface area contributed by atoms with Gasteiger partial charge in [0.2, 0.25) is 0 Å². The minimum atomic E-state index is -0.101. The van der Waals surface area contributed by atoms with E-state index in [4.69, 9.17) is 4.74 Å². The molecule has 0 N–H and O–H groups in total. The fourth-order valence-electron chi connectivity index (χ4n) is 2.31. The number of ether oxygens (including phenoxy) is 1. The molecule has 4 nitrogen and oxygen atoms in total.